The summed E-state index contributed by atoms with van der Waals surface area (Å²) in [5, 5.41) is 2.72. The van der Waals surface area contributed by atoms with Gasteiger partial charge in [0.2, 0.25) is 15.9 Å². The third-order valence-electron chi connectivity index (χ3n) is 4.15. The molecule has 1 fully saturated rings. The average molecular weight is 324 g/mol. The van der Waals surface area contributed by atoms with Gasteiger partial charge in [-0.05, 0) is 51.0 Å². The summed E-state index contributed by atoms with van der Waals surface area (Å²) in [5.74, 6) is -0.0890. The molecule has 0 unspecified atom stereocenters. The molecule has 1 amide bonds. The van der Waals surface area contributed by atoms with Crippen molar-refractivity contribution < 1.29 is 13.2 Å². The van der Waals surface area contributed by atoms with E-state index in [1.807, 2.05) is 13.8 Å². The van der Waals surface area contributed by atoms with E-state index < -0.39 is 10.0 Å². The first kappa shape index (κ1) is 17.0. The van der Waals surface area contributed by atoms with E-state index in [0.29, 0.717) is 12.1 Å². The second kappa shape index (κ2) is 6.79. The van der Waals surface area contributed by atoms with Crippen LogP contribution in [0.25, 0.3) is 0 Å². The topological polar surface area (TPSA) is 66.5 Å². The van der Waals surface area contributed by atoms with Crippen LogP contribution >= 0.6 is 0 Å². The highest BCUT2D eigenvalue weighted by Crippen LogP contribution is 2.29. The number of carbonyl (C=O) groups is 1. The maximum Gasteiger partial charge on any atom is 0.243 e. The first-order valence-corrected chi connectivity index (χ1v) is 9.23. The molecule has 1 aliphatic heterocycles. The first-order chi connectivity index (χ1) is 10.4. The second-order valence-electron chi connectivity index (χ2n) is 5.89. The smallest absolute Gasteiger partial charge is 0.243 e. The number of benzene rings is 1. The Balaban J connectivity index is 2.24. The van der Waals surface area contributed by atoms with Crippen LogP contribution in [0.15, 0.2) is 29.2 Å². The molecule has 0 radical (unpaired) electrons. The number of hydrogen-bond donors (Lipinski definition) is 1. The molecule has 0 bridgehead atoms. The Hall–Kier alpha value is -1.40. The molecule has 1 saturated heterocycles. The fraction of sp³-hybridized carbons (Fsp3) is 0.562. The zero-order valence-corrected chi connectivity index (χ0v) is 14.2. The minimum Gasteiger partial charge on any atom is -0.326 e. The standard InChI is InChI=1S/C16H24N2O3S/c1-4-16(19)17-14-8-10-15(11-9-14)22(20,21)18-12(2)6-5-7-13(18)3/h8-13H,4-7H2,1-3H3,(H,17,19)/t12-,13+. The van der Waals surface area contributed by atoms with Gasteiger partial charge >= 0.3 is 0 Å². The monoisotopic (exact) mass is 324 g/mol. The van der Waals surface area contributed by atoms with E-state index in [2.05, 4.69) is 5.32 Å². The molecule has 2 atom stereocenters. The molecule has 0 aromatic heterocycles. The van der Waals surface area contributed by atoms with Gasteiger partial charge in [-0.25, -0.2) is 8.42 Å². The fourth-order valence-corrected chi connectivity index (χ4v) is 4.83. The van der Waals surface area contributed by atoms with Gasteiger partial charge in [-0.1, -0.05) is 13.3 Å². The van der Waals surface area contributed by atoms with Gasteiger partial charge in [-0.15, -0.1) is 0 Å². The molecule has 0 spiro atoms. The van der Waals surface area contributed by atoms with Crippen LogP contribution < -0.4 is 5.32 Å². The lowest BCUT2D eigenvalue weighted by atomic mass is 10.0. The number of nitrogens with one attached hydrogen (secondary N) is 1. The van der Waals surface area contributed by atoms with Crippen LogP contribution in [-0.2, 0) is 14.8 Å². The average Bonchev–Trinajstić information content (AvgIpc) is 2.47. The van der Waals surface area contributed by atoms with E-state index in [4.69, 9.17) is 0 Å². The number of piperidine rings is 1. The molecule has 1 heterocycles. The van der Waals surface area contributed by atoms with Gasteiger partial charge in [0.15, 0.2) is 0 Å². The molecule has 22 heavy (non-hydrogen) atoms. The predicted octanol–water partition coefficient (Wildman–Crippen LogP) is 2.99. The molecular formula is C16H24N2O3S. The van der Waals surface area contributed by atoms with E-state index in [1.165, 1.54) is 0 Å². The molecule has 0 aliphatic carbocycles. The lowest BCUT2D eigenvalue weighted by Gasteiger charge is -2.37. The van der Waals surface area contributed by atoms with Gasteiger partial charge in [0.25, 0.3) is 0 Å². The third kappa shape index (κ3) is 3.50. The first-order valence-electron chi connectivity index (χ1n) is 7.79. The summed E-state index contributed by atoms with van der Waals surface area (Å²) in [7, 11) is -3.49. The van der Waals surface area contributed by atoms with Gasteiger partial charge in [0.1, 0.15) is 0 Å². The van der Waals surface area contributed by atoms with Crippen molar-refractivity contribution in [2.45, 2.75) is 63.4 Å². The highest BCUT2D eigenvalue weighted by molar-refractivity contribution is 7.89. The fourth-order valence-electron chi connectivity index (χ4n) is 2.95. The molecule has 1 aliphatic rings. The lowest BCUT2D eigenvalue weighted by Crippen LogP contribution is -2.47. The summed E-state index contributed by atoms with van der Waals surface area (Å²) in [5.41, 5.74) is 0.616. The van der Waals surface area contributed by atoms with Crippen LogP contribution in [0.1, 0.15) is 46.5 Å². The van der Waals surface area contributed by atoms with Crippen molar-refractivity contribution in [1.29, 1.82) is 0 Å². The van der Waals surface area contributed by atoms with Crippen LogP contribution in [-0.4, -0.2) is 30.7 Å². The number of sulfonamides is 1. The van der Waals surface area contributed by atoms with Crippen molar-refractivity contribution in [1.82, 2.24) is 4.31 Å². The van der Waals surface area contributed by atoms with E-state index in [1.54, 1.807) is 35.5 Å². The highest BCUT2D eigenvalue weighted by Gasteiger charge is 2.35. The summed E-state index contributed by atoms with van der Waals surface area (Å²) in [6, 6.07) is 6.45. The second-order valence-corrected chi connectivity index (χ2v) is 7.73. The minimum atomic E-state index is -3.49. The van der Waals surface area contributed by atoms with Crippen molar-refractivity contribution in [2.75, 3.05) is 5.32 Å². The number of anilines is 1. The SMILES string of the molecule is CCC(=O)Nc1ccc(S(=O)(=O)N2[C@H](C)CCC[C@@H]2C)cc1. The van der Waals surface area contributed by atoms with Gasteiger partial charge in [-0.2, -0.15) is 4.31 Å². The van der Waals surface area contributed by atoms with E-state index in [9.17, 15) is 13.2 Å². The van der Waals surface area contributed by atoms with Crippen LogP contribution in [0.3, 0.4) is 0 Å². The van der Waals surface area contributed by atoms with Crippen molar-refractivity contribution in [3.63, 3.8) is 0 Å². The molecule has 1 N–H and O–H groups in total. The molecule has 0 saturated carbocycles. The number of carbonyl (C=O) groups excluding carboxylic acids is 1. The number of rotatable bonds is 4. The Kier molecular flexibility index (Phi) is 5.24. The van der Waals surface area contributed by atoms with E-state index in [0.717, 1.165) is 19.3 Å². The Morgan fingerprint density at radius 1 is 1.18 bits per heavy atom. The zero-order valence-electron chi connectivity index (χ0n) is 13.4. The molecular weight excluding hydrogens is 300 g/mol. The Morgan fingerprint density at radius 3 is 2.23 bits per heavy atom. The summed E-state index contributed by atoms with van der Waals surface area (Å²) >= 11 is 0. The molecule has 2 rings (SSSR count). The molecule has 5 nitrogen and oxygen atoms in total. The van der Waals surface area contributed by atoms with Crippen molar-refractivity contribution in [3.05, 3.63) is 24.3 Å². The van der Waals surface area contributed by atoms with E-state index in [-0.39, 0.29) is 22.9 Å². The highest BCUT2D eigenvalue weighted by atomic mass is 32.2. The van der Waals surface area contributed by atoms with Gasteiger partial charge in [0, 0.05) is 24.2 Å². The molecule has 122 valence electrons. The predicted molar refractivity (Wildman–Crippen MR) is 87.2 cm³/mol. The number of amides is 1. The zero-order chi connectivity index (χ0) is 16.3. The Bertz CT molecular complexity index is 615. The van der Waals surface area contributed by atoms with Crippen LogP contribution in [0.2, 0.25) is 0 Å². The van der Waals surface area contributed by atoms with Crippen LogP contribution in [0, 0.1) is 0 Å². The molecule has 6 heteroatoms. The summed E-state index contributed by atoms with van der Waals surface area (Å²) < 4.78 is 27.3. The summed E-state index contributed by atoms with van der Waals surface area (Å²) in [4.78, 5) is 11.6. The Morgan fingerprint density at radius 2 is 1.73 bits per heavy atom. The van der Waals surface area contributed by atoms with Crippen molar-refractivity contribution in [2.24, 2.45) is 0 Å². The summed E-state index contributed by atoms with van der Waals surface area (Å²) in [6.07, 6.45) is 3.25. The van der Waals surface area contributed by atoms with Gasteiger partial charge in [0.05, 0.1) is 4.90 Å². The normalized spacial score (nSPS) is 23.2. The van der Waals surface area contributed by atoms with Crippen LogP contribution in [0.4, 0.5) is 5.69 Å². The lowest BCUT2D eigenvalue weighted by molar-refractivity contribution is -0.115. The van der Waals surface area contributed by atoms with E-state index >= 15 is 0 Å². The van der Waals surface area contributed by atoms with Crippen molar-refractivity contribution in [3.8, 4) is 0 Å². The molecule has 1 aromatic carbocycles. The largest absolute Gasteiger partial charge is 0.326 e. The quantitative estimate of drug-likeness (QED) is 0.926. The Labute approximate surface area is 132 Å². The minimum absolute atomic E-state index is 0.0215. The maximum atomic E-state index is 12.8. The summed E-state index contributed by atoms with van der Waals surface area (Å²) in [6.45, 7) is 5.69. The number of hydrogen-bond acceptors (Lipinski definition) is 3. The van der Waals surface area contributed by atoms with Crippen molar-refractivity contribution >= 4 is 21.6 Å². The molecule has 1 aromatic rings. The maximum absolute atomic E-state index is 12.8. The van der Waals surface area contributed by atoms with Gasteiger partial charge in [-0.3, -0.25) is 4.79 Å². The van der Waals surface area contributed by atoms with Gasteiger partial charge < -0.3 is 5.32 Å². The van der Waals surface area contributed by atoms with Crippen LogP contribution in [0.5, 0.6) is 0 Å². The number of nitrogens with zero attached hydrogens (tertiary/aromatic N) is 1. The third-order valence-corrected chi connectivity index (χ3v) is 6.29.